The van der Waals surface area contributed by atoms with Crippen LogP contribution in [-0.4, -0.2) is 36.9 Å². The molecule has 2 aromatic rings. The summed E-state index contributed by atoms with van der Waals surface area (Å²) in [7, 11) is 1.68. The zero-order chi connectivity index (χ0) is 17.5. The first kappa shape index (κ1) is 17.6. The minimum Gasteiger partial charge on any atom is -0.325 e. The Morgan fingerprint density at radius 1 is 0.875 bits per heavy atom. The monoisotopic (exact) mass is 329 g/mol. The molecule has 24 heavy (non-hydrogen) atoms. The molecule has 2 aromatic carbocycles. The van der Waals surface area contributed by atoms with Crippen LogP contribution in [0.5, 0.6) is 0 Å². The van der Waals surface area contributed by atoms with Crippen molar-refractivity contribution in [2.75, 3.05) is 30.8 Å². The second-order valence-corrected chi connectivity index (χ2v) is 5.64. The van der Waals surface area contributed by atoms with Crippen molar-refractivity contribution < 1.29 is 14.0 Å². The maximum Gasteiger partial charge on any atom is 0.238 e. The number of hydrogen-bond donors (Lipinski definition) is 2. The van der Waals surface area contributed by atoms with E-state index in [1.54, 1.807) is 11.9 Å². The van der Waals surface area contributed by atoms with Crippen LogP contribution in [0, 0.1) is 12.7 Å². The highest BCUT2D eigenvalue weighted by Crippen LogP contribution is 2.09. The summed E-state index contributed by atoms with van der Waals surface area (Å²) < 4.78 is 12.8. The van der Waals surface area contributed by atoms with Gasteiger partial charge in [-0.1, -0.05) is 17.7 Å². The van der Waals surface area contributed by atoms with Crippen molar-refractivity contribution in [1.82, 2.24) is 4.90 Å². The lowest BCUT2D eigenvalue weighted by molar-refractivity contribution is -0.119. The van der Waals surface area contributed by atoms with Crippen LogP contribution in [0.3, 0.4) is 0 Å². The Balaban J connectivity index is 1.78. The number of aryl methyl sites for hydroxylation is 1. The van der Waals surface area contributed by atoms with Crippen LogP contribution in [0.15, 0.2) is 48.5 Å². The average molecular weight is 329 g/mol. The van der Waals surface area contributed by atoms with E-state index in [9.17, 15) is 14.0 Å². The van der Waals surface area contributed by atoms with E-state index in [1.165, 1.54) is 24.3 Å². The first-order valence-corrected chi connectivity index (χ1v) is 7.53. The number of hydrogen-bond acceptors (Lipinski definition) is 3. The Labute approximate surface area is 140 Å². The molecule has 126 valence electrons. The molecule has 0 aliphatic carbocycles. The summed E-state index contributed by atoms with van der Waals surface area (Å²) >= 11 is 0. The van der Waals surface area contributed by atoms with Gasteiger partial charge in [-0.2, -0.15) is 0 Å². The molecule has 0 aliphatic rings. The fourth-order valence-corrected chi connectivity index (χ4v) is 2.12. The van der Waals surface area contributed by atoms with E-state index in [1.807, 2.05) is 31.2 Å². The third-order valence-electron chi connectivity index (χ3n) is 3.29. The number of amides is 2. The van der Waals surface area contributed by atoms with Gasteiger partial charge in [0.15, 0.2) is 0 Å². The van der Waals surface area contributed by atoms with Gasteiger partial charge in [-0.3, -0.25) is 14.5 Å². The third kappa shape index (κ3) is 5.81. The number of carbonyl (C=O) groups is 2. The van der Waals surface area contributed by atoms with Crippen LogP contribution >= 0.6 is 0 Å². The number of benzene rings is 2. The SMILES string of the molecule is Cc1ccc(NC(=O)CN(C)CC(=O)Nc2ccc(F)cc2)cc1. The largest absolute Gasteiger partial charge is 0.325 e. The second kappa shape index (κ2) is 8.21. The molecule has 2 N–H and O–H groups in total. The lowest BCUT2D eigenvalue weighted by Crippen LogP contribution is -2.36. The van der Waals surface area contributed by atoms with E-state index in [-0.39, 0.29) is 30.7 Å². The summed E-state index contributed by atoms with van der Waals surface area (Å²) in [5, 5.41) is 5.43. The second-order valence-electron chi connectivity index (χ2n) is 5.64. The highest BCUT2D eigenvalue weighted by Gasteiger charge is 2.11. The molecule has 0 atom stereocenters. The first-order valence-electron chi connectivity index (χ1n) is 7.53. The predicted molar refractivity (Wildman–Crippen MR) is 92.3 cm³/mol. The number of nitrogens with one attached hydrogen (secondary N) is 2. The predicted octanol–water partition coefficient (Wildman–Crippen LogP) is 2.64. The van der Waals surface area contributed by atoms with Crippen LogP contribution < -0.4 is 10.6 Å². The summed E-state index contributed by atoms with van der Waals surface area (Å²) in [4.78, 5) is 25.5. The van der Waals surface area contributed by atoms with E-state index in [0.29, 0.717) is 5.69 Å². The minimum atomic E-state index is -0.363. The zero-order valence-electron chi connectivity index (χ0n) is 13.7. The van der Waals surface area contributed by atoms with Gasteiger partial charge in [0.05, 0.1) is 13.1 Å². The van der Waals surface area contributed by atoms with Crippen molar-refractivity contribution in [3.63, 3.8) is 0 Å². The lowest BCUT2D eigenvalue weighted by atomic mass is 10.2. The molecule has 2 rings (SSSR count). The molecule has 0 saturated heterocycles. The number of anilines is 2. The van der Waals surface area contributed by atoms with Gasteiger partial charge in [0.2, 0.25) is 11.8 Å². The van der Waals surface area contributed by atoms with Gasteiger partial charge in [0.1, 0.15) is 5.82 Å². The van der Waals surface area contributed by atoms with E-state index >= 15 is 0 Å². The van der Waals surface area contributed by atoms with Crippen molar-refractivity contribution in [3.8, 4) is 0 Å². The minimum absolute atomic E-state index is 0.0543. The summed E-state index contributed by atoms with van der Waals surface area (Å²) in [6.45, 7) is 2.11. The van der Waals surface area contributed by atoms with Crippen molar-refractivity contribution in [2.24, 2.45) is 0 Å². The van der Waals surface area contributed by atoms with E-state index in [0.717, 1.165) is 11.3 Å². The van der Waals surface area contributed by atoms with Crippen LogP contribution in [0.1, 0.15) is 5.56 Å². The van der Waals surface area contributed by atoms with Gasteiger partial charge in [-0.15, -0.1) is 0 Å². The van der Waals surface area contributed by atoms with Gasteiger partial charge >= 0.3 is 0 Å². The van der Waals surface area contributed by atoms with Gasteiger partial charge < -0.3 is 10.6 Å². The van der Waals surface area contributed by atoms with Crippen molar-refractivity contribution in [3.05, 3.63) is 59.9 Å². The molecule has 2 amide bonds. The molecule has 0 fully saturated rings. The van der Waals surface area contributed by atoms with Gasteiger partial charge in [0, 0.05) is 11.4 Å². The zero-order valence-corrected chi connectivity index (χ0v) is 13.7. The quantitative estimate of drug-likeness (QED) is 0.856. The van der Waals surface area contributed by atoms with Crippen LogP contribution in [0.25, 0.3) is 0 Å². The Bertz CT molecular complexity index is 638. The van der Waals surface area contributed by atoms with Crippen LogP contribution in [0.2, 0.25) is 0 Å². The Morgan fingerprint density at radius 2 is 1.29 bits per heavy atom. The fourth-order valence-electron chi connectivity index (χ4n) is 2.12. The maximum atomic E-state index is 12.8. The molecule has 5 nitrogen and oxygen atoms in total. The summed E-state index contributed by atoms with van der Waals surface area (Å²) in [5.74, 6) is -0.832. The molecule has 0 saturated carbocycles. The molecular weight excluding hydrogens is 309 g/mol. The molecule has 0 radical (unpaired) electrons. The normalized spacial score (nSPS) is 10.5. The van der Waals surface area contributed by atoms with Crippen LogP contribution in [-0.2, 0) is 9.59 Å². The number of rotatable bonds is 6. The van der Waals surface area contributed by atoms with Gasteiger partial charge in [-0.05, 0) is 50.4 Å². The highest BCUT2D eigenvalue weighted by molar-refractivity contribution is 5.94. The van der Waals surface area contributed by atoms with Gasteiger partial charge in [0.25, 0.3) is 0 Å². The van der Waals surface area contributed by atoms with Gasteiger partial charge in [-0.25, -0.2) is 4.39 Å². The fraction of sp³-hybridized carbons (Fsp3) is 0.222. The highest BCUT2D eigenvalue weighted by atomic mass is 19.1. The number of carbonyl (C=O) groups excluding carboxylic acids is 2. The Hall–Kier alpha value is -2.73. The van der Waals surface area contributed by atoms with Crippen molar-refractivity contribution >= 4 is 23.2 Å². The first-order chi connectivity index (χ1) is 11.4. The lowest BCUT2D eigenvalue weighted by Gasteiger charge is -2.16. The molecule has 0 bridgehead atoms. The summed E-state index contributed by atoms with van der Waals surface area (Å²) in [5.41, 5.74) is 2.34. The molecule has 0 aromatic heterocycles. The van der Waals surface area contributed by atoms with E-state index < -0.39 is 0 Å². The number of likely N-dealkylation sites (N-methyl/N-ethyl adjacent to an activating group) is 1. The van der Waals surface area contributed by atoms with Crippen LogP contribution in [0.4, 0.5) is 15.8 Å². The molecule has 0 spiro atoms. The molecule has 0 unspecified atom stereocenters. The maximum absolute atomic E-state index is 12.8. The Kier molecular flexibility index (Phi) is 6.03. The molecule has 6 heteroatoms. The smallest absolute Gasteiger partial charge is 0.238 e. The van der Waals surface area contributed by atoms with E-state index in [4.69, 9.17) is 0 Å². The number of nitrogens with zero attached hydrogens (tertiary/aromatic N) is 1. The molecule has 0 aliphatic heterocycles. The summed E-state index contributed by atoms with van der Waals surface area (Å²) in [6, 6.07) is 13.0. The number of halogens is 1. The standard InChI is InChI=1S/C18H20FN3O2/c1-13-3-7-15(8-4-13)20-17(23)11-22(2)12-18(24)21-16-9-5-14(19)6-10-16/h3-10H,11-12H2,1-2H3,(H,20,23)(H,21,24). The van der Waals surface area contributed by atoms with E-state index in [2.05, 4.69) is 10.6 Å². The average Bonchev–Trinajstić information content (AvgIpc) is 2.51. The summed E-state index contributed by atoms with van der Waals surface area (Å²) in [6.07, 6.45) is 0. The molecular formula is C18H20FN3O2. The van der Waals surface area contributed by atoms with Crippen molar-refractivity contribution in [2.45, 2.75) is 6.92 Å². The molecule has 0 heterocycles. The topological polar surface area (TPSA) is 61.4 Å². The Morgan fingerprint density at radius 3 is 1.75 bits per heavy atom. The van der Waals surface area contributed by atoms with Crippen molar-refractivity contribution in [1.29, 1.82) is 0 Å². The third-order valence-corrected chi connectivity index (χ3v) is 3.29.